The number of allylic oxidation sites excluding steroid dienone is 1. The lowest BCUT2D eigenvalue weighted by Gasteiger charge is -2.43. The highest BCUT2D eigenvalue weighted by Crippen LogP contribution is 2.39. The van der Waals surface area contributed by atoms with Gasteiger partial charge >= 0.3 is 6.03 Å². The highest BCUT2D eigenvalue weighted by molar-refractivity contribution is 6.39. The lowest BCUT2D eigenvalue weighted by molar-refractivity contribution is -0.122. The lowest BCUT2D eigenvalue weighted by atomic mass is 9.87. The summed E-state index contributed by atoms with van der Waals surface area (Å²) in [5.74, 6) is -1.32. The monoisotopic (exact) mass is 457 g/mol. The van der Waals surface area contributed by atoms with E-state index in [9.17, 15) is 14.4 Å². The first-order chi connectivity index (χ1) is 16.0. The van der Waals surface area contributed by atoms with E-state index in [0.717, 1.165) is 51.4 Å². The fraction of sp³-hybridized carbons (Fsp3) is 0.321. The molecule has 0 aliphatic carbocycles. The van der Waals surface area contributed by atoms with Crippen LogP contribution in [0.1, 0.15) is 56.4 Å². The van der Waals surface area contributed by atoms with Crippen LogP contribution in [0.3, 0.4) is 0 Å². The summed E-state index contributed by atoms with van der Waals surface area (Å²) in [4.78, 5) is 41.8. The molecule has 0 radical (unpaired) electrons. The molecule has 0 saturated carbocycles. The molecule has 6 nitrogen and oxygen atoms in total. The first-order valence-corrected chi connectivity index (χ1v) is 11.6. The van der Waals surface area contributed by atoms with E-state index in [0.29, 0.717) is 5.69 Å². The van der Waals surface area contributed by atoms with E-state index in [1.54, 1.807) is 18.2 Å². The number of hydrogen-bond acceptors (Lipinski definition) is 4. The largest absolute Gasteiger partial charge is 0.362 e. The van der Waals surface area contributed by atoms with Gasteiger partial charge in [0.05, 0.1) is 11.2 Å². The Morgan fingerprint density at radius 3 is 2.38 bits per heavy atom. The Bertz CT molecular complexity index is 1270. The fourth-order valence-electron chi connectivity index (χ4n) is 4.75. The molecule has 0 aromatic heterocycles. The summed E-state index contributed by atoms with van der Waals surface area (Å²) >= 11 is 0. The first-order valence-electron chi connectivity index (χ1n) is 11.6. The van der Waals surface area contributed by atoms with Crippen molar-refractivity contribution in [2.75, 3.05) is 16.3 Å². The summed E-state index contributed by atoms with van der Waals surface area (Å²) in [7, 11) is 0. The van der Waals surface area contributed by atoms with E-state index < -0.39 is 17.8 Å². The van der Waals surface area contributed by atoms with E-state index in [1.165, 1.54) is 0 Å². The van der Waals surface area contributed by atoms with Gasteiger partial charge in [-0.25, -0.2) is 9.69 Å². The third-order valence-corrected chi connectivity index (χ3v) is 6.61. The Balaban J connectivity index is 1.74. The van der Waals surface area contributed by atoms with E-state index >= 15 is 0 Å². The number of rotatable bonds is 4. The number of aryl methyl sites for hydroxylation is 2. The van der Waals surface area contributed by atoms with Gasteiger partial charge in [0.25, 0.3) is 11.8 Å². The number of urea groups is 1. The predicted octanol–water partition coefficient (Wildman–Crippen LogP) is 5.38. The molecule has 176 valence electrons. The maximum atomic E-state index is 13.3. The minimum Gasteiger partial charge on any atom is -0.362 e. The van der Waals surface area contributed by atoms with Gasteiger partial charge in [-0.3, -0.25) is 14.9 Å². The molecule has 2 heterocycles. The summed E-state index contributed by atoms with van der Waals surface area (Å²) in [5.41, 5.74) is 6.38. The number of hydrogen-bond donors (Lipinski definition) is 1. The van der Waals surface area contributed by atoms with Gasteiger partial charge in [0.15, 0.2) is 0 Å². The zero-order chi connectivity index (χ0) is 24.8. The van der Waals surface area contributed by atoms with Crippen LogP contribution in [0.15, 0.2) is 48.0 Å². The second-order valence-electron chi connectivity index (χ2n) is 9.64. The smallest absolute Gasteiger partial charge is 0.335 e. The van der Waals surface area contributed by atoms with Crippen molar-refractivity contribution in [1.82, 2.24) is 5.32 Å². The van der Waals surface area contributed by atoms with Gasteiger partial charge in [-0.15, -0.1) is 0 Å². The molecule has 0 atom stereocenters. The maximum Gasteiger partial charge on any atom is 0.335 e. The number of barbiturate groups is 1. The minimum atomic E-state index is -0.739. The predicted molar refractivity (Wildman–Crippen MR) is 137 cm³/mol. The van der Waals surface area contributed by atoms with E-state index in [-0.39, 0.29) is 11.1 Å². The average Bonchev–Trinajstić information content (AvgIpc) is 2.76. The standard InChI is InChI=1S/C28H31N3O3/c1-7-12-30-24-11-9-20(14-22(24)19(4)16-28(30,5)6)15-23-25(32)29-27(34)31(26(23)33)21-10-8-17(2)18(3)13-21/h8-11,13-16H,7,12H2,1-6H3,(H,29,32,34)/b23-15-. The third-order valence-electron chi connectivity index (χ3n) is 6.61. The molecule has 2 aromatic rings. The first kappa shape index (κ1) is 23.5. The Kier molecular flexibility index (Phi) is 5.94. The second-order valence-corrected chi connectivity index (χ2v) is 9.64. The van der Waals surface area contributed by atoms with Crippen LogP contribution in [0.5, 0.6) is 0 Å². The van der Waals surface area contributed by atoms with E-state index in [1.807, 2.05) is 38.1 Å². The zero-order valence-electron chi connectivity index (χ0n) is 20.7. The number of nitrogens with zero attached hydrogens (tertiary/aromatic N) is 2. The molecule has 1 fully saturated rings. The normalized spacial score (nSPS) is 18.7. The molecule has 1 saturated heterocycles. The Hall–Kier alpha value is -3.67. The summed E-state index contributed by atoms with van der Waals surface area (Å²) in [6, 6.07) is 10.6. The van der Waals surface area contributed by atoms with Crippen LogP contribution in [0.2, 0.25) is 0 Å². The summed E-state index contributed by atoms with van der Waals surface area (Å²) < 4.78 is 0. The number of imide groups is 2. The number of carbonyl (C=O) groups excluding carboxylic acids is 3. The lowest BCUT2D eigenvalue weighted by Crippen LogP contribution is -2.54. The maximum absolute atomic E-state index is 13.3. The van der Waals surface area contributed by atoms with Crippen LogP contribution < -0.4 is 15.1 Å². The molecular formula is C28H31N3O3. The Morgan fingerprint density at radius 2 is 1.71 bits per heavy atom. The van der Waals surface area contributed by atoms with Crippen LogP contribution in [0.25, 0.3) is 11.6 Å². The molecular weight excluding hydrogens is 426 g/mol. The van der Waals surface area contributed by atoms with Gasteiger partial charge in [-0.1, -0.05) is 25.1 Å². The molecule has 4 rings (SSSR count). The molecule has 4 amide bonds. The third kappa shape index (κ3) is 4.04. The molecule has 34 heavy (non-hydrogen) atoms. The van der Waals surface area contributed by atoms with Crippen LogP contribution in [-0.2, 0) is 9.59 Å². The number of amides is 4. The van der Waals surface area contributed by atoms with Crippen LogP contribution in [-0.4, -0.2) is 29.9 Å². The van der Waals surface area contributed by atoms with Crippen LogP contribution >= 0.6 is 0 Å². The fourth-order valence-corrected chi connectivity index (χ4v) is 4.75. The van der Waals surface area contributed by atoms with E-state index in [2.05, 4.69) is 44.0 Å². The Morgan fingerprint density at radius 1 is 0.971 bits per heavy atom. The van der Waals surface area contributed by atoms with Crippen molar-refractivity contribution >= 4 is 40.9 Å². The molecule has 2 aromatic carbocycles. The van der Waals surface area contributed by atoms with Gasteiger partial charge in [-0.2, -0.15) is 0 Å². The van der Waals surface area contributed by atoms with E-state index in [4.69, 9.17) is 0 Å². The van der Waals surface area contributed by atoms with Gasteiger partial charge in [-0.05, 0) is 93.6 Å². The number of benzene rings is 2. The summed E-state index contributed by atoms with van der Waals surface area (Å²) in [5, 5.41) is 2.31. The van der Waals surface area contributed by atoms with Gasteiger partial charge in [0.2, 0.25) is 0 Å². The van der Waals surface area contributed by atoms with Crippen molar-refractivity contribution in [1.29, 1.82) is 0 Å². The summed E-state index contributed by atoms with van der Waals surface area (Å²) in [6.07, 6.45) is 4.84. The Labute approximate surface area is 200 Å². The van der Waals surface area contributed by atoms with Crippen molar-refractivity contribution in [3.8, 4) is 0 Å². The van der Waals surface area contributed by atoms with Crippen LogP contribution in [0, 0.1) is 13.8 Å². The molecule has 2 aliphatic heterocycles. The topological polar surface area (TPSA) is 69.7 Å². The van der Waals surface area contributed by atoms with Gasteiger partial charge in [0.1, 0.15) is 5.57 Å². The van der Waals surface area contributed by atoms with Crippen molar-refractivity contribution in [3.63, 3.8) is 0 Å². The van der Waals surface area contributed by atoms with Crippen molar-refractivity contribution in [3.05, 3.63) is 70.3 Å². The molecule has 0 unspecified atom stereocenters. The van der Waals surface area contributed by atoms with Gasteiger partial charge < -0.3 is 4.90 Å². The molecule has 2 aliphatic rings. The summed E-state index contributed by atoms with van der Waals surface area (Å²) in [6.45, 7) is 13.5. The average molecular weight is 458 g/mol. The van der Waals surface area contributed by atoms with Crippen molar-refractivity contribution in [2.24, 2.45) is 0 Å². The molecule has 1 N–H and O–H groups in total. The second kappa shape index (κ2) is 8.60. The molecule has 0 spiro atoms. The highest BCUT2D eigenvalue weighted by Gasteiger charge is 2.37. The number of anilines is 2. The number of fused-ring (bicyclic) bond motifs is 1. The minimum absolute atomic E-state index is 0.0686. The number of carbonyl (C=O) groups is 3. The molecule has 0 bridgehead atoms. The molecule has 6 heteroatoms. The van der Waals surface area contributed by atoms with Crippen molar-refractivity contribution < 1.29 is 14.4 Å². The zero-order valence-corrected chi connectivity index (χ0v) is 20.7. The quantitative estimate of drug-likeness (QED) is 0.494. The SMILES string of the molecule is CCCN1c2ccc(/C=C3/C(=O)NC(=O)N(c4ccc(C)c(C)c4)C3=O)cc2C(C)=CC1(C)C. The van der Waals surface area contributed by atoms with Crippen molar-refractivity contribution in [2.45, 2.75) is 53.5 Å². The highest BCUT2D eigenvalue weighted by atomic mass is 16.2. The van der Waals surface area contributed by atoms with Crippen LogP contribution in [0.4, 0.5) is 16.2 Å². The number of nitrogens with one attached hydrogen (secondary N) is 1. The van der Waals surface area contributed by atoms with Gasteiger partial charge in [0, 0.05) is 17.8 Å².